The number of rotatable bonds is 5. The molecule has 1 aliphatic rings. The van der Waals surface area contributed by atoms with Crippen LogP contribution in [0.25, 0.3) is 0 Å². The highest BCUT2D eigenvalue weighted by Gasteiger charge is 2.20. The molecular weight excluding hydrogens is 236 g/mol. The van der Waals surface area contributed by atoms with Crippen LogP contribution < -0.4 is 10.1 Å². The summed E-state index contributed by atoms with van der Waals surface area (Å²) in [6.45, 7) is 7.34. The Labute approximate surface area is 116 Å². The molecule has 1 heterocycles. The highest BCUT2D eigenvalue weighted by Crippen LogP contribution is 2.25. The second-order valence-electron chi connectivity index (χ2n) is 5.46. The van der Waals surface area contributed by atoms with Gasteiger partial charge < -0.3 is 15.0 Å². The molecule has 106 valence electrons. The Morgan fingerprint density at radius 1 is 1.42 bits per heavy atom. The number of benzene rings is 1. The van der Waals surface area contributed by atoms with Gasteiger partial charge in [-0.1, -0.05) is 18.2 Å². The van der Waals surface area contributed by atoms with Crippen molar-refractivity contribution in [3.63, 3.8) is 0 Å². The maximum absolute atomic E-state index is 5.72. The number of likely N-dealkylation sites (tertiary alicyclic amines) is 1. The van der Waals surface area contributed by atoms with Crippen LogP contribution in [-0.2, 0) is 0 Å². The van der Waals surface area contributed by atoms with E-state index < -0.39 is 0 Å². The molecule has 1 N–H and O–H groups in total. The van der Waals surface area contributed by atoms with Crippen LogP contribution >= 0.6 is 0 Å². The Morgan fingerprint density at radius 3 is 2.95 bits per heavy atom. The largest absolute Gasteiger partial charge is 0.494 e. The molecule has 1 aliphatic heterocycles. The maximum Gasteiger partial charge on any atom is 0.124 e. The third-order valence-corrected chi connectivity index (χ3v) is 3.80. The van der Waals surface area contributed by atoms with Gasteiger partial charge in [0.05, 0.1) is 6.61 Å². The Kier molecular flexibility index (Phi) is 5.23. The van der Waals surface area contributed by atoms with Crippen molar-refractivity contribution in [2.45, 2.75) is 38.8 Å². The molecule has 1 saturated heterocycles. The van der Waals surface area contributed by atoms with Gasteiger partial charge in [0.1, 0.15) is 5.75 Å². The van der Waals surface area contributed by atoms with E-state index in [9.17, 15) is 0 Å². The van der Waals surface area contributed by atoms with Gasteiger partial charge in [-0.3, -0.25) is 0 Å². The Morgan fingerprint density at radius 2 is 2.21 bits per heavy atom. The summed E-state index contributed by atoms with van der Waals surface area (Å²) in [5.41, 5.74) is 1.26. The van der Waals surface area contributed by atoms with E-state index in [0.717, 1.165) is 18.9 Å². The van der Waals surface area contributed by atoms with Crippen molar-refractivity contribution in [3.05, 3.63) is 29.8 Å². The molecule has 0 amide bonds. The topological polar surface area (TPSA) is 24.5 Å². The molecule has 1 fully saturated rings. The van der Waals surface area contributed by atoms with Crippen molar-refractivity contribution in [1.29, 1.82) is 0 Å². The molecule has 2 atom stereocenters. The lowest BCUT2D eigenvalue weighted by Gasteiger charge is -2.32. The fraction of sp³-hybridized carbons (Fsp3) is 0.625. The van der Waals surface area contributed by atoms with Crippen LogP contribution in [0, 0.1) is 0 Å². The molecule has 2 rings (SSSR count). The van der Waals surface area contributed by atoms with Crippen molar-refractivity contribution in [3.8, 4) is 5.75 Å². The molecule has 19 heavy (non-hydrogen) atoms. The summed E-state index contributed by atoms with van der Waals surface area (Å²) in [7, 11) is 2.20. The lowest BCUT2D eigenvalue weighted by atomic mass is 10.0. The standard InChI is InChI=1S/C16H26N2O/c1-4-19-16-10-6-5-9-15(16)13(2)17-14-8-7-11-18(3)12-14/h5-6,9-10,13-14,17H,4,7-8,11-12H2,1-3H3. The number of nitrogens with one attached hydrogen (secondary N) is 1. The SMILES string of the molecule is CCOc1ccccc1C(C)NC1CCCN(C)C1. The molecular formula is C16H26N2O. The van der Waals surface area contributed by atoms with Crippen molar-refractivity contribution in [2.24, 2.45) is 0 Å². The van der Waals surface area contributed by atoms with Gasteiger partial charge >= 0.3 is 0 Å². The molecule has 1 aromatic carbocycles. The van der Waals surface area contributed by atoms with Crippen molar-refractivity contribution < 1.29 is 4.74 Å². The summed E-state index contributed by atoms with van der Waals surface area (Å²) in [5, 5.41) is 3.74. The average Bonchev–Trinajstić information content (AvgIpc) is 2.39. The minimum Gasteiger partial charge on any atom is -0.494 e. The van der Waals surface area contributed by atoms with E-state index in [1.165, 1.54) is 24.9 Å². The summed E-state index contributed by atoms with van der Waals surface area (Å²) < 4.78 is 5.72. The van der Waals surface area contributed by atoms with Crippen LogP contribution in [0.15, 0.2) is 24.3 Å². The number of hydrogen-bond acceptors (Lipinski definition) is 3. The van der Waals surface area contributed by atoms with Crippen molar-refractivity contribution in [1.82, 2.24) is 10.2 Å². The van der Waals surface area contributed by atoms with E-state index in [4.69, 9.17) is 4.74 Å². The first kappa shape index (κ1) is 14.4. The van der Waals surface area contributed by atoms with Crippen LogP contribution in [0.2, 0.25) is 0 Å². The van der Waals surface area contributed by atoms with Crippen LogP contribution in [-0.4, -0.2) is 37.7 Å². The quantitative estimate of drug-likeness (QED) is 0.883. The first-order valence-corrected chi connectivity index (χ1v) is 7.37. The van der Waals surface area contributed by atoms with E-state index in [1.54, 1.807) is 0 Å². The van der Waals surface area contributed by atoms with E-state index in [0.29, 0.717) is 12.1 Å². The lowest BCUT2D eigenvalue weighted by Crippen LogP contribution is -2.44. The van der Waals surface area contributed by atoms with Crippen LogP contribution in [0.1, 0.15) is 38.3 Å². The molecule has 3 heteroatoms. The lowest BCUT2D eigenvalue weighted by molar-refractivity contribution is 0.217. The smallest absolute Gasteiger partial charge is 0.124 e. The van der Waals surface area contributed by atoms with Gasteiger partial charge in [0.15, 0.2) is 0 Å². The van der Waals surface area contributed by atoms with Crippen LogP contribution in [0.3, 0.4) is 0 Å². The number of para-hydroxylation sites is 1. The predicted molar refractivity (Wildman–Crippen MR) is 79.7 cm³/mol. The van der Waals surface area contributed by atoms with Crippen molar-refractivity contribution >= 4 is 0 Å². The Hall–Kier alpha value is -1.06. The fourth-order valence-corrected chi connectivity index (χ4v) is 2.87. The first-order chi connectivity index (χ1) is 9.20. The minimum absolute atomic E-state index is 0.333. The first-order valence-electron chi connectivity index (χ1n) is 7.37. The molecule has 3 nitrogen and oxygen atoms in total. The van der Waals surface area contributed by atoms with E-state index in [-0.39, 0.29) is 0 Å². The fourth-order valence-electron chi connectivity index (χ4n) is 2.87. The second kappa shape index (κ2) is 6.92. The maximum atomic E-state index is 5.72. The highest BCUT2D eigenvalue weighted by atomic mass is 16.5. The van der Waals surface area contributed by atoms with Crippen LogP contribution in [0.4, 0.5) is 0 Å². The number of piperidine rings is 1. The van der Waals surface area contributed by atoms with E-state index >= 15 is 0 Å². The zero-order valence-electron chi connectivity index (χ0n) is 12.4. The average molecular weight is 262 g/mol. The molecule has 0 aromatic heterocycles. The zero-order valence-corrected chi connectivity index (χ0v) is 12.4. The number of hydrogen-bond donors (Lipinski definition) is 1. The third-order valence-electron chi connectivity index (χ3n) is 3.80. The van der Waals surface area contributed by atoms with Gasteiger partial charge in [0.25, 0.3) is 0 Å². The van der Waals surface area contributed by atoms with Crippen molar-refractivity contribution in [2.75, 3.05) is 26.7 Å². The predicted octanol–water partition coefficient (Wildman–Crippen LogP) is 2.83. The van der Waals surface area contributed by atoms with Gasteiger partial charge in [-0.05, 0) is 46.3 Å². The normalized spacial score (nSPS) is 22.2. The number of likely N-dealkylation sites (N-methyl/N-ethyl adjacent to an activating group) is 1. The van der Waals surface area contributed by atoms with Crippen LogP contribution in [0.5, 0.6) is 5.75 Å². The number of ether oxygens (including phenoxy) is 1. The molecule has 2 unspecified atom stereocenters. The summed E-state index contributed by atoms with van der Waals surface area (Å²) in [4.78, 5) is 2.41. The molecule has 1 aromatic rings. The zero-order chi connectivity index (χ0) is 13.7. The summed E-state index contributed by atoms with van der Waals surface area (Å²) in [6, 6.07) is 9.26. The van der Waals surface area contributed by atoms with Gasteiger partial charge in [0.2, 0.25) is 0 Å². The van der Waals surface area contributed by atoms with E-state index in [1.807, 2.05) is 13.0 Å². The summed E-state index contributed by atoms with van der Waals surface area (Å²) in [6.07, 6.45) is 2.56. The minimum atomic E-state index is 0.333. The van der Waals surface area contributed by atoms with Gasteiger partial charge in [-0.2, -0.15) is 0 Å². The van der Waals surface area contributed by atoms with Gasteiger partial charge in [-0.15, -0.1) is 0 Å². The summed E-state index contributed by atoms with van der Waals surface area (Å²) >= 11 is 0. The number of nitrogens with zero attached hydrogens (tertiary/aromatic N) is 1. The monoisotopic (exact) mass is 262 g/mol. The van der Waals surface area contributed by atoms with Gasteiger partial charge in [-0.25, -0.2) is 0 Å². The molecule has 0 bridgehead atoms. The highest BCUT2D eigenvalue weighted by molar-refractivity contribution is 5.35. The summed E-state index contributed by atoms with van der Waals surface area (Å²) in [5.74, 6) is 1.01. The second-order valence-corrected chi connectivity index (χ2v) is 5.46. The third kappa shape index (κ3) is 3.95. The van der Waals surface area contributed by atoms with E-state index in [2.05, 4.69) is 42.4 Å². The molecule has 0 spiro atoms. The molecule has 0 aliphatic carbocycles. The Bertz CT molecular complexity index is 394. The Balaban J connectivity index is 2.00. The molecule has 0 radical (unpaired) electrons. The van der Waals surface area contributed by atoms with Gasteiger partial charge in [0, 0.05) is 24.2 Å². The molecule has 0 saturated carbocycles.